The summed E-state index contributed by atoms with van der Waals surface area (Å²) in [5.74, 6) is 0.797. The average Bonchev–Trinajstić information content (AvgIpc) is 2.86. The van der Waals surface area contributed by atoms with Crippen LogP contribution in [0.1, 0.15) is 12.5 Å². The van der Waals surface area contributed by atoms with E-state index in [1.807, 2.05) is 6.92 Å². The summed E-state index contributed by atoms with van der Waals surface area (Å²) >= 11 is 0. The lowest BCUT2D eigenvalue weighted by Gasteiger charge is -2.25. The Kier molecular flexibility index (Phi) is 4.71. The van der Waals surface area contributed by atoms with E-state index in [-0.39, 0.29) is 5.03 Å². The van der Waals surface area contributed by atoms with E-state index in [2.05, 4.69) is 15.5 Å². The maximum absolute atomic E-state index is 12.5. The Morgan fingerprint density at radius 1 is 1.47 bits per heavy atom. The molecule has 1 saturated heterocycles. The Hall–Kier alpha value is -0.770. The molecule has 0 aromatic carbocycles. The number of hydrogen-bond donors (Lipinski definition) is 2. The van der Waals surface area contributed by atoms with Gasteiger partial charge in [-0.1, -0.05) is 6.92 Å². The quantitative estimate of drug-likeness (QED) is 0.748. The highest BCUT2D eigenvalue weighted by Gasteiger charge is 2.31. The minimum Gasteiger partial charge on any atom is -0.313 e. The van der Waals surface area contributed by atoms with Gasteiger partial charge in [-0.3, -0.25) is 9.31 Å². The number of aromatic amines is 1. The van der Waals surface area contributed by atoms with Crippen LogP contribution in [0.5, 0.6) is 0 Å². The van der Waals surface area contributed by atoms with E-state index in [9.17, 15) is 12.6 Å². The molecule has 1 aliphatic rings. The first kappa shape index (κ1) is 14.6. The molecule has 1 aromatic heterocycles. The minimum absolute atomic E-state index is 0.140. The molecule has 7 nitrogen and oxygen atoms in total. The maximum Gasteiger partial charge on any atom is 0.260 e. The van der Waals surface area contributed by atoms with Crippen LogP contribution in [0.4, 0.5) is 0 Å². The van der Waals surface area contributed by atoms with Crippen molar-refractivity contribution < 1.29 is 12.6 Å². The zero-order valence-corrected chi connectivity index (χ0v) is 12.4. The molecule has 2 N–H and O–H groups in total. The fourth-order valence-corrected chi connectivity index (χ4v) is 4.73. The maximum atomic E-state index is 12.5. The number of H-pyrrole nitrogens is 1. The summed E-state index contributed by atoms with van der Waals surface area (Å²) < 4.78 is 37.6. The molecule has 0 bridgehead atoms. The van der Waals surface area contributed by atoms with Crippen LogP contribution in [0, 0.1) is 0 Å². The van der Waals surface area contributed by atoms with Gasteiger partial charge in [0.05, 0.1) is 6.20 Å². The molecule has 2 rings (SSSR count). The highest BCUT2D eigenvalue weighted by Crippen LogP contribution is 2.19. The largest absolute Gasteiger partial charge is 0.313 e. The molecule has 0 aliphatic carbocycles. The molecule has 0 atom stereocenters. The van der Waals surface area contributed by atoms with Gasteiger partial charge >= 0.3 is 0 Å². The normalized spacial score (nSPS) is 18.8. The fraction of sp³-hybridized carbons (Fsp3) is 0.700. The summed E-state index contributed by atoms with van der Waals surface area (Å²) in [6.45, 7) is 3.77. The van der Waals surface area contributed by atoms with Crippen LogP contribution in [0.3, 0.4) is 0 Å². The van der Waals surface area contributed by atoms with E-state index < -0.39 is 20.8 Å². The van der Waals surface area contributed by atoms with Crippen molar-refractivity contribution in [2.45, 2.75) is 18.5 Å². The van der Waals surface area contributed by atoms with E-state index in [1.165, 1.54) is 10.5 Å². The number of hydrogen-bond acceptors (Lipinski definition) is 5. The van der Waals surface area contributed by atoms with Crippen molar-refractivity contribution in [2.24, 2.45) is 0 Å². The molecule has 0 unspecified atom stereocenters. The SMILES string of the molecule is CCNCc1cn[nH]c1S(=O)(=O)N1CCS(=O)CC1. The van der Waals surface area contributed by atoms with Crippen LogP contribution in [-0.2, 0) is 27.4 Å². The molecule has 1 aliphatic heterocycles. The Labute approximate surface area is 115 Å². The van der Waals surface area contributed by atoms with Crippen LogP contribution in [-0.4, -0.2) is 58.3 Å². The summed E-state index contributed by atoms with van der Waals surface area (Å²) in [5, 5.41) is 9.61. The standard InChI is InChI=1S/C10H18N4O3S2/c1-2-11-7-9-8-12-13-10(9)19(16,17)14-3-5-18(15)6-4-14/h8,11H,2-7H2,1H3,(H,12,13). The number of sulfonamides is 1. The summed E-state index contributed by atoms with van der Waals surface area (Å²) in [6.07, 6.45) is 1.53. The molecular weight excluding hydrogens is 288 g/mol. The van der Waals surface area contributed by atoms with Gasteiger partial charge in [0.1, 0.15) is 0 Å². The van der Waals surface area contributed by atoms with E-state index in [1.54, 1.807) is 0 Å². The smallest absolute Gasteiger partial charge is 0.260 e. The van der Waals surface area contributed by atoms with Gasteiger partial charge in [-0.05, 0) is 6.54 Å². The van der Waals surface area contributed by atoms with Crippen molar-refractivity contribution >= 4 is 20.8 Å². The number of nitrogens with one attached hydrogen (secondary N) is 2. The number of aromatic nitrogens is 2. The minimum atomic E-state index is -3.56. The summed E-state index contributed by atoms with van der Waals surface area (Å²) in [7, 11) is -4.46. The second-order valence-electron chi connectivity index (χ2n) is 4.26. The highest BCUT2D eigenvalue weighted by molar-refractivity contribution is 7.89. The van der Waals surface area contributed by atoms with Crippen molar-refractivity contribution in [1.82, 2.24) is 19.8 Å². The van der Waals surface area contributed by atoms with Gasteiger partial charge in [-0.2, -0.15) is 9.40 Å². The molecule has 19 heavy (non-hydrogen) atoms. The number of rotatable bonds is 5. The summed E-state index contributed by atoms with van der Waals surface area (Å²) in [4.78, 5) is 0. The number of nitrogens with zero attached hydrogens (tertiary/aromatic N) is 2. The highest BCUT2D eigenvalue weighted by atomic mass is 32.2. The average molecular weight is 306 g/mol. The van der Waals surface area contributed by atoms with E-state index in [4.69, 9.17) is 0 Å². The molecule has 1 aromatic rings. The topological polar surface area (TPSA) is 95.2 Å². The Morgan fingerprint density at radius 3 is 2.79 bits per heavy atom. The lowest BCUT2D eigenvalue weighted by atomic mass is 10.3. The second-order valence-corrected chi connectivity index (χ2v) is 7.83. The fourth-order valence-electron chi connectivity index (χ4n) is 1.90. The second kappa shape index (κ2) is 6.12. The van der Waals surface area contributed by atoms with Gasteiger partial charge in [0.25, 0.3) is 10.0 Å². The summed E-state index contributed by atoms with van der Waals surface area (Å²) in [5.41, 5.74) is 0.633. The van der Waals surface area contributed by atoms with Crippen LogP contribution < -0.4 is 5.32 Å². The third kappa shape index (κ3) is 3.22. The molecule has 1 fully saturated rings. The lowest BCUT2D eigenvalue weighted by molar-refractivity contribution is 0.435. The van der Waals surface area contributed by atoms with Crippen LogP contribution in [0.2, 0.25) is 0 Å². The predicted octanol–water partition coefficient (Wildman–Crippen LogP) is -0.728. The Bertz CT molecular complexity index is 545. The van der Waals surface area contributed by atoms with Gasteiger partial charge in [0, 0.05) is 47.5 Å². The molecule has 0 saturated carbocycles. The monoisotopic (exact) mass is 306 g/mol. The predicted molar refractivity (Wildman–Crippen MR) is 72.6 cm³/mol. The molecule has 9 heteroatoms. The molecular formula is C10H18N4O3S2. The van der Waals surface area contributed by atoms with Crippen molar-refractivity contribution in [1.29, 1.82) is 0 Å². The Morgan fingerprint density at radius 2 is 2.16 bits per heavy atom. The molecule has 108 valence electrons. The third-order valence-electron chi connectivity index (χ3n) is 2.98. The van der Waals surface area contributed by atoms with E-state index in [0.29, 0.717) is 36.7 Å². The van der Waals surface area contributed by atoms with E-state index >= 15 is 0 Å². The first-order chi connectivity index (χ1) is 9.05. The van der Waals surface area contributed by atoms with Gasteiger partial charge in [0.15, 0.2) is 5.03 Å². The zero-order chi connectivity index (χ0) is 13.9. The first-order valence-corrected chi connectivity index (χ1v) is 9.06. The lowest BCUT2D eigenvalue weighted by Crippen LogP contribution is -2.42. The van der Waals surface area contributed by atoms with Crippen molar-refractivity contribution in [2.75, 3.05) is 31.1 Å². The van der Waals surface area contributed by atoms with Crippen molar-refractivity contribution in [3.63, 3.8) is 0 Å². The Balaban J connectivity index is 2.19. The molecule has 0 spiro atoms. The van der Waals surface area contributed by atoms with Crippen molar-refractivity contribution in [3.8, 4) is 0 Å². The van der Waals surface area contributed by atoms with Gasteiger partial charge in [0.2, 0.25) is 0 Å². The third-order valence-corrected chi connectivity index (χ3v) is 6.17. The first-order valence-electron chi connectivity index (χ1n) is 6.13. The van der Waals surface area contributed by atoms with Crippen LogP contribution >= 0.6 is 0 Å². The molecule has 2 heterocycles. The zero-order valence-electron chi connectivity index (χ0n) is 10.8. The van der Waals surface area contributed by atoms with Crippen LogP contribution in [0.25, 0.3) is 0 Å². The van der Waals surface area contributed by atoms with Gasteiger partial charge < -0.3 is 5.32 Å². The van der Waals surface area contributed by atoms with Crippen molar-refractivity contribution in [3.05, 3.63) is 11.8 Å². The molecule has 0 amide bonds. The van der Waals surface area contributed by atoms with E-state index in [0.717, 1.165) is 6.54 Å². The molecule has 0 radical (unpaired) electrons. The van der Waals surface area contributed by atoms with Gasteiger partial charge in [-0.25, -0.2) is 8.42 Å². The summed E-state index contributed by atoms with van der Waals surface area (Å²) in [6, 6.07) is 0. The van der Waals surface area contributed by atoms with Crippen LogP contribution in [0.15, 0.2) is 11.2 Å². The van der Waals surface area contributed by atoms with Gasteiger partial charge in [-0.15, -0.1) is 0 Å².